The van der Waals surface area contributed by atoms with Crippen LogP contribution in [0.2, 0.25) is 0 Å². The fourth-order valence-corrected chi connectivity index (χ4v) is 1.39. The molecule has 0 saturated heterocycles. The van der Waals surface area contributed by atoms with E-state index in [2.05, 4.69) is 11.8 Å². The Kier molecular flexibility index (Phi) is 8.40. The summed E-state index contributed by atoms with van der Waals surface area (Å²) in [5, 5.41) is 18.1. The van der Waals surface area contributed by atoms with Crippen LogP contribution in [0.1, 0.15) is 52.4 Å². The molecule has 2 unspecified atom stereocenters. The van der Waals surface area contributed by atoms with Crippen LogP contribution >= 0.6 is 0 Å². The highest BCUT2D eigenvalue weighted by Crippen LogP contribution is 2.13. The molecule has 0 aromatic heterocycles. The van der Waals surface area contributed by atoms with Crippen LogP contribution in [0, 0.1) is 0 Å². The molecule has 80 valence electrons. The summed E-state index contributed by atoms with van der Waals surface area (Å²) in [6.45, 7) is 4.13. The molecule has 13 heavy (non-hydrogen) atoms. The summed E-state index contributed by atoms with van der Waals surface area (Å²) in [5.41, 5.74) is 0. The van der Waals surface area contributed by atoms with Gasteiger partial charge in [0.15, 0.2) is 0 Å². The molecule has 0 aliphatic heterocycles. The van der Waals surface area contributed by atoms with Crippen molar-refractivity contribution < 1.29 is 15.3 Å². The highest BCUT2D eigenvalue weighted by molar-refractivity contribution is 4.67. The molecule has 0 heterocycles. The summed E-state index contributed by atoms with van der Waals surface area (Å²) in [6, 6.07) is 0. The second-order valence-electron chi connectivity index (χ2n) is 3.50. The van der Waals surface area contributed by atoms with Crippen molar-refractivity contribution in [1.82, 2.24) is 0 Å². The van der Waals surface area contributed by atoms with Crippen LogP contribution in [0.3, 0.4) is 0 Å². The van der Waals surface area contributed by atoms with Gasteiger partial charge >= 0.3 is 0 Å². The fourth-order valence-electron chi connectivity index (χ4n) is 1.39. The molecule has 0 aliphatic carbocycles. The summed E-state index contributed by atoms with van der Waals surface area (Å²) in [6.07, 6.45) is 4.69. The van der Waals surface area contributed by atoms with Gasteiger partial charge in [0.25, 0.3) is 0 Å². The van der Waals surface area contributed by atoms with Crippen LogP contribution < -0.4 is 0 Å². The van der Waals surface area contributed by atoms with Crippen LogP contribution in [-0.2, 0) is 4.89 Å². The third-order valence-corrected chi connectivity index (χ3v) is 2.24. The van der Waals surface area contributed by atoms with Crippen molar-refractivity contribution >= 4 is 0 Å². The highest BCUT2D eigenvalue weighted by atomic mass is 17.1. The van der Waals surface area contributed by atoms with E-state index in [-0.39, 0.29) is 0 Å². The van der Waals surface area contributed by atoms with E-state index in [0.29, 0.717) is 6.42 Å². The van der Waals surface area contributed by atoms with Gasteiger partial charge in [-0.3, -0.25) is 5.26 Å². The molecule has 0 rings (SSSR count). The minimum absolute atomic E-state index is 0.397. The van der Waals surface area contributed by atoms with E-state index in [1.807, 2.05) is 6.92 Å². The Balaban J connectivity index is 3.60. The molecule has 0 bridgehead atoms. The van der Waals surface area contributed by atoms with Crippen molar-refractivity contribution in [2.75, 3.05) is 0 Å². The largest absolute Gasteiger partial charge is 0.390 e. The lowest BCUT2D eigenvalue weighted by Crippen LogP contribution is -2.27. The maximum Gasteiger partial charge on any atom is 0.118 e. The van der Waals surface area contributed by atoms with Crippen molar-refractivity contribution in [3.05, 3.63) is 0 Å². The lowest BCUT2D eigenvalue weighted by molar-refractivity contribution is -0.298. The predicted octanol–water partition coefficient (Wildman–Crippen LogP) is 2.59. The van der Waals surface area contributed by atoms with Crippen LogP contribution in [0.5, 0.6) is 0 Å². The Bertz CT molecular complexity index is 106. The number of hydrogen-bond donors (Lipinski definition) is 2. The number of unbranched alkanes of at least 4 members (excludes halogenated alkanes) is 2. The first kappa shape index (κ1) is 12.9. The molecule has 2 N–H and O–H groups in total. The van der Waals surface area contributed by atoms with E-state index in [0.717, 1.165) is 32.1 Å². The molecule has 0 aliphatic rings. The first-order valence-electron chi connectivity index (χ1n) is 5.24. The van der Waals surface area contributed by atoms with Gasteiger partial charge in [0.2, 0.25) is 0 Å². The summed E-state index contributed by atoms with van der Waals surface area (Å²) < 4.78 is 0. The average molecular weight is 190 g/mol. The van der Waals surface area contributed by atoms with Crippen molar-refractivity contribution in [3.63, 3.8) is 0 Å². The molecule has 0 aromatic rings. The molecule has 0 aromatic carbocycles. The van der Waals surface area contributed by atoms with E-state index in [4.69, 9.17) is 5.26 Å². The molecular formula is C10H22O3. The Morgan fingerprint density at radius 3 is 2.23 bits per heavy atom. The summed E-state index contributed by atoms with van der Waals surface area (Å²) in [7, 11) is 0. The van der Waals surface area contributed by atoms with Crippen molar-refractivity contribution in [1.29, 1.82) is 0 Å². The normalized spacial score (nSPS) is 15.7. The Hall–Kier alpha value is -0.120. The third kappa shape index (κ3) is 6.02. The second kappa shape index (κ2) is 8.48. The van der Waals surface area contributed by atoms with E-state index in [1.165, 1.54) is 0 Å². The van der Waals surface area contributed by atoms with Gasteiger partial charge in [-0.05, 0) is 12.8 Å². The second-order valence-corrected chi connectivity index (χ2v) is 3.50. The van der Waals surface area contributed by atoms with Crippen molar-refractivity contribution in [2.45, 2.75) is 64.6 Å². The quantitative estimate of drug-likeness (QED) is 0.351. The van der Waals surface area contributed by atoms with Gasteiger partial charge in [0.05, 0.1) is 6.10 Å². The molecule has 0 radical (unpaired) electrons. The predicted molar refractivity (Wildman–Crippen MR) is 52.6 cm³/mol. The standard InChI is InChI=1S/C10H22O3/c1-3-5-6-8-10(13-12)9(11)7-4-2/h9-12H,3-8H2,1-2H3. The van der Waals surface area contributed by atoms with Gasteiger partial charge < -0.3 is 5.11 Å². The zero-order chi connectivity index (χ0) is 10.1. The van der Waals surface area contributed by atoms with Gasteiger partial charge in [0.1, 0.15) is 6.10 Å². The molecule has 0 saturated carbocycles. The molecule has 0 fully saturated rings. The van der Waals surface area contributed by atoms with E-state index in [9.17, 15) is 5.11 Å². The Morgan fingerprint density at radius 1 is 1.08 bits per heavy atom. The van der Waals surface area contributed by atoms with E-state index >= 15 is 0 Å². The van der Waals surface area contributed by atoms with Crippen LogP contribution in [0.4, 0.5) is 0 Å². The number of aliphatic hydroxyl groups excluding tert-OH is 1. The summed E-state index contributed by atoms with van der Waals surface area (Å²) >= 11 is 0. The minimum atomic E-state index is -0.521. The van der Waals surface area contributed by atoms with E-state index < -0.39 is 12.2 Å². The lowest BCUT2D eigenvalue weighted by atomic mass is 10.0. The maximum absolute atomic E-state index is 9.52. The minimum Gasteiger partial charge on any atom is -0.390 e. The van der Waals surface area contributed by atoms with Gasteiger partial charge in [-0.1, -0.05) is 39.5 Å². The SMILES string of the molecule is CCCCCC(OO)C(O)CCC. The Labute approximate surface area is 80.7 Å². The monoisotopic (exact) mass is 190 g/mol. The van der Waals surface area contributed by atoms with Crippen LogP contribution in [0.15, 0.2) is 0 Å². The van der Waals surface area contributed by atoms with Crippen LogP contribution in [0.25, 0.3) is 0 Å². The average Bonchev–Trinajstić information content (AvgIpc) is 2.13. The molecule has 0 amide bonds. The Morgan fingerprint density at radius 2 is 1.77 bits per heavy atom. The zero-order valence-corrected chi connectivity index (χ0v) is 8.70. The summed E-state index contributed by atoms with van der Waals surface area (Å²) in [4.78, 5) is 4.26. The first-order valence-corrected chi connectivity index (χ1v) is 5.24. The summed E-state index contributed by atoms with van der Waals surface area (Å²) in [5.74, 6) is 0. The van der Waals surface area contributed by atoms with Crippen molar-refractivity contribution in [2.24, 2.45) is 0 Å². The molecule has 3 heteroatoms. The molecule has 0 spiro atoms. The highest BCUT2D eigenvalue weighted by Gasteiger charge is 2.18. The maximum atomic E-state index is 9.52. The number of rotatable bonds is 8. The smallest absolute Gasteiger partial charge is 0.118 e. The van der Waals surface area contributed by atoms with Crippen molar-refractivity contribution in [3.8, 4) is 0 Å². The van der Waals surface area contributed by atoms with E-state index in [1.54, 1.807) is 0 Å². The van der Waals surface area contributed by atoms with Gasteiger partial charge in [-0.2, -0.15) is 0 Å². The molecular weight excluding hydrogens is 168 g/mol. The third-order valence-electron chi connectivity index (χ3n) is 2.24. The first-order chi connectivity index (χ1) is 6.26. The van der Waals surface area contributed by atoms with Crippen LogP contribution in [-0.4, -0.2) is 22.6 Å². The molecule has 2 atom stereocenters. The fraction of sp³-hybridized carbons (Fsp3) is 1.00. The number of aliphatic hydroxyl groups is 1. The van der Waals surface area contributed by atoms with Gasteiger partial charge in [0, 0.05) is 0 Å². The topological polar surface area (TPSA) is 49.7 Å². The number of hydrogen-bond acceptors (Lipinski definition) is 3. The van der Waals surface area contributed by atoms with Gasteiger partial charge in [-0.15, -0.1) is 0 Å². The molecule has 3 nitrogen and oxygen atoms in total. The zero-order valence-electron chi connectivity index (χ0n) is 8.70. The van der Waals surface area contributed by atoms with Gasteiger partial charge in [-0.25, -0.2) is 4.89 Å². The lowest BCUT2D eigenvalue weighted by Gasteiger charge is -2.18.